The number of aromatic nitrogens is 2. The molecule has 2 aliphatic rings. The summed E-state index contributed by atoms with van der Waals surface area (Å²) in [6, 6.07) is 3.69. The van der Waals surface area contributed by atoms with E-state index in [1.807, 2.05) is 0 Å². The number of amidine groups is 1. The molecule has 4 atom stereocenters. The van der Waals surface area contributed by atoms with Gasteiger partial charge in [-0.25, -0.2) is 23.7 Å². The second-order valence-corrected chi connectivity index (χ2v) is 7.27. The number of nitrogens with zero attached hydrogens (tertiary/aromatic N) is 3. The predicted octanol–water partition coefficient (Wildman–Crippen LogP) is 2.17. The molecular formula is C21H19F2N5O3. The summed E-state index contributed by atoms with van der Waals surface area (Å²) in [5.74, 6) is 0.879. The first kappa shape index (κ1) is 20.5. The lowest BCUT2D eigenvalue weighted by atomic mass is 9.80. The molecule has 160 valence electrons. The molecule has 0 saturated heterocycles. The van der Waals surface area contributed by atoms with Crippen molar-refractivity contribution in [2.75, 3.05) is 11.9 Å². The number of halogens is 2. The average molecular weight is 427 g/mol. The molecule has 1 aliphatic carbocycles. The van der Waals surface area contributed by atoms with Gasteiger partial charge in [-0.15, -0.1) is 6.42 Å². The molecule has 0 spiro atoms. The Morgan fingerprint density at radius 1 is 1.48 bits per heavy atom. The van der Waals surface area contributed by atoms with E-state index in [0.717, 1.165) is 6.07 Å². The summed E-state index contributed by atoms with van der Waals surface area (Å²) in [4.78, 5) is 24.6. The highest BCUT2D eigenvalue weighted by atomic mass is 19.1. The van der Waals surface area contributed by atoms with E-state index in [1.165, 1.54) is 31.5 Å². The van der Waals surface area contributed by atoms with Gasteiger partial charge in [0.25, 0.3) is 11.9 Å². The SMILES string of the molecule is C#CCOc1cnc(C(=O)Nc2ccc(F)c([C@@]3(C(C)F)N=C(N)O[C@@H]4C[C@@H]43)c2)cn1. The van der Waals surface area contributed by atoms with Crippen LogP contribution in [0.5, 0.6) is 5.88 Å². The van der Waals surface area contributed by atoms with Gasteiger partial charge in [-0.2, -0.15) is 0 Å². The predicted molar refractivity (Wildman–Crippen MR) is 108 cm³/mol. The molecule has 1 unspecified atom stereocenters. The van der Waals surface area contributed by atoms with Crippen LogP contribution in [-0.4, -0.2) is 40.8 Å². The van der Waals surface area contributed by atoms with E-state index >= 15 is 0 Å². The maximum atomic E-state index is 14.8. The van der Waals surface area contributed by atoms with Crippen molar-refractivity contribution in [2.45, 2.75) is 31.2 Å². The molecule has 8 nitrogen and oxygen atoms in total. The van der Waals surface area contributed by atoms with Crippen molar-refractivity contribution in [3.05, 3.63) is 47.7 Å². The topological polar surface area (TPSA) is 112 Å². The zero-order chi connectivity index (χ0) is 22.2. The number of terminal acetylenes is 1. The smallest absolute Gasteiger partial charge is 0.283 e. The van der Waals surface area contributed by atoms with Crippen LogP contribution in [-0.2, 0) is 10.3 Å². The standard InChI is InChI=1S/C21H19F2N5O3/c1-3-6-30-18-10-25-16(9-26-18)19(29)27-12-4-5-15(23)13(7-12)21(11(2)22)14-8-17(14)31-20(24)28-21/h1,4-5,7,9-11,14,17H,6,8H2,2H3,(H2,24,28)(H,27,29)/t11?,14-,17+,21+/m0/s1. The maximum absolute atomic E-state index is 14.8. The van der Waals surface area contributed by atoms with Gasteiger partial charge in [0, 0.05) is 17.2 Å². The first-order valence-corrected chi connectivity index (χ1v) is 9.51. The first-order chi connectivity index (χ1) is 14.8. The monoisotopic (exact) mass is 427 g/mol. The van der Waals surface area contributed by atoms with Crippen LogP contribution in [0.3, 0.4) is 0 Å². The van der Waals surface area contributed by atoms with Crippen molar-refractivity contribution in [2.24, 2.45) is 16.6 Å². The summed E-state index contributed by atoms with van der Waals surface area (Å²) >= 11 is 0. The van der Waals surface area contributed by atoms with E-state index in [2.05, 4.69) is 26.2 Å². The van der Waals surface area contributed by atoms with Gasteiger partial charge in [-0.05, 0) is 31.5 Å². The lowest BCUT2D eigenvalue weighted by molar-refractivity contribution is 0.102. The quantitative estimate of drug-likeness (QED) is 0.684. The van der Waals surface area contributed by atoms with Gasteiger partial charge >= 0.3 is 0 Å². The lowest BCUT2D eigenvalue weighted by Crippen LogP contribution is -2.44. The Morgan fingerprint density at radius 2 is 2.29 bits per heavy atom. The van der Waals surface area contributed by atoms with Crippen LogP contribution in [0, 0.1) is 24.1 Å². The van der Waals surface area contributed by atoms with Crippen LogP contribution in [0.4, 0.5) is 14.5 Å². The Labute approximate surface area is 176 Å². The summed E-state index contributed by atoms with van der Waals surface area (Å²) in [7, 11) is 0. The molecule has 1 aliphatic heterocycles. The zero-order valence-corrected chi connectivity index (χ0v) is 16.5. The second kappa shape index (κ2) is 7.83. The van der Waals surface area contributed by atoms with Gasteiger partial charge in [-0.3, -0.25) is 4.79 Å². The zero-order valence-electron chi connectivity index (χ0n) is 16.5. The molecule has 1 amide bonds. The minimum absolute atomic E-state index is 0.00286. The molecule has 2 heterocycles. The van der Waals surface area contributed by atoms with E-state index < -0.39 is 23.4 Å². The number of nitrogens with one attached hydrogen (secondary N) is 1. The summed E-state index contributed by atoms with van der Waals surface area (Å²) < 4.78 is 40.1. The van der Waals surface area contributed by atoms with Crippen LogP contribution in [0.25, 0.3) is 0 Å². The highest BCUT2D eigenvalue weighted by Gasteiger charge is 2.62. The molecule has 1 fully saturated rings. The van der Waals surface area contributed by atoms with Crippen molar-refractivity contribution < 1.29 is 23.0 Å². The highest BCUT2D eigenvalue weighted by molar-refractivity contribution is 6.02. The molecule has 31 heavy (non-hydrogen) atoms. The third-order valence-corrected chi connectivity index (χ3v) is 5.29. The molecule has 10 heteroatoms. The summed E-state index contributed by atoms with van der Waals surface area (Å²) in [5, 5.41) is 2.61. The minimum Gasteiger partial charge on any atom is -0.463 e. The first-order valence-electron chi connectivity index (χ1n) is 9.51. The number of aliphatic imine (C=N–C) groups is 1. The molecule has 2 aromatic rings. The summed E-state index contributed by atoms with van der Waals surface area (Å²) in [6.45, 7) is 1.33. The van der Waals surface area contributed by atoms with E-state index in [0.29, 0.717) is 6.42 Å². The minimum atomic E-state index is -1.54. The number of alkyl halides is 1. The molecule has 0 bridgehead atoms. The molecule has 3 N–H and O–H groups in total. The number of hydrogen-bond donors (Lipinski definition) is 2. The lowest BCUT2D eigenvalue weighted by Gasteiger charge is -2.35. The number of anilines is 1. The summed E-state index contributed by atoms with van der Waals surface area (Å²) in [6.07, 6.45) is 6.25. The number of fused-ring (bicyclic) bond motifs is 1. The van der Waals surface area contributed by atoms with Crippen LogP contribution in [0.15, 0.2) is 35.6 Å². The number of benzene rings is 1. The maximum Gasteiger partial charge on any atom is 0.283 e. The highest BCUT2D eigenvalue weighted by Crippen LogP contribution is 2.56. The average Bonchev–Trinajstić information content (AvgIpc) is 3.53. The van der Waals surface area contributed by atoms with Crippen LogP contribution >= 0.6 is 0 Å². The number of rotatable bonds is 6. The Balaban J connectivity index is 1.60. The van der Waals surface area contributed by atoms with E-state index in [4.69, 9.17) is 21.6 Å². The molecular weight excluding hydrogens is 408 g/mol. The van der Waals surface area contributed by atoms with Crippen LogP contribution in [0.1, 0.15) is 29.4 Å². The fourth-order valence-corrected chi connectivity index (χ4v) is 3.80. The number of amides is 1. The Hall–Kier alpha value is -3.74. The van der Waals surface area contributed by atoms with Crippen molar-refractivity contribution in [1.29, 1.82) is 0 Å². The fraction of sp³-hybridized carbons (Fsp3) is 0.333. The van der Waals surface area contributed by atoms with Crippen LogP contribution in [0.2, 0.25) is 0 Å². The van der Waals surface area contributed by atoms with Gasteiger partial charge in [0.2, 0.25) is 5.88 Å². The van der Waals surface area contributed by atoms with Gasteiger partial charge in [0.15, 0.2) is 6.61 Å². The fourth-order valence-electron chi connectivity index (χ4n) is 3.80. The van der Waals surface area contributed by atoms with Crippen molar-refractivity contribution >= 4 is 17.6 Å². The number of carbonyl (C=O) groups is 1. The van der Waals surface area contributed by atoms with Crippen molar-refractivity contribution in [1.82, 2.24) is 9.97 Å². The van der Waals surface area contributed by atoms with Gasteiger partial charge < -0.3 is 20.5 Å². The number of hydrogen-bond acceptors (Lipinski definition) is 7. The largest absolute Gasteiger partial charge is 0.463 e. The number of nitrogens with two attached hydrogens (primary N) is 1. The third-order valence-electron chi connectivity index (χ3n) is 5.29. The van der Waals surface area contributed by atoms with E-state index in [-0.39, 0.29) is 47.5 Å². The van der Waals surface area contributed by atoms with Gasteiger partial charge in [0.1, 0.15) is 29.3 Å². The number of carbonyl (C=O) groups excluding carboxylic acids is 1. The van der Waals surface area contributed by atoms with E-state index in [1.54, 1.807) is 0 Å². The second-order valence-electron chi connectivity index (χ2n) is 7.27. The van der Waals surface area contributed by atoms with Crippen molar-refractivity contribution in [3.8, 4) is 18.2 Å². The van der Waals surface area contributed by atoms with Gasteiger partial charge in [-0.1, -0.05) is 5.92 Å². The Morgan fingerprint density at radius 3 is 2.97 bits per heavy atom. The van der Waals surface area contributed by atoms with E-state index in [9.17, 15) is 13.6 Å². The molecule has 1 aromatic heterocycles. The summed E-state index contributed by atoms with van der Waals surface area (Å²) in [5.41, 5.74) is 4.45. The Bertz CT molecular complexity index is 1080. The molecule has 0 radical (unpaired) electrons. The number of ether oxygens (including phenoxy) is 2. The Kier molecular flexibility index (Phi) is 5.19. The molecule has 4 rings (SSSR count). The van der Waals surface area contributed by atoms with Gasteiger partial charge in [0.05, 0.1) is 12.4 Å². The third kappa shape index (κ3) is 3.74. The molecule has 1 saturated carbocycles. The molecule has 1 aromatic carbocycles. The van der Waals surface area contributed by atoms with Crippen molar-refractivity contribution in [3.63, 3.8) is 0 Å². The van der Waals surface area contributed by atoms with Crippen LogP contribution < -0.4 is 15.8 Å². The normalized spacial score (nSPS) is 24.6.